The highest BCUT2D eigenvalue weighted by molar-refractivity contribution is 6.36. The molecular weight excluding hydrogens is 373 g/mol. The first-order valence-corrected chi connectivity index (χ1v) is 9.33. The Morgan fingerprint density at radius 2 is 1.65 bits per heavy atom. The van der Waals surface area contributed by atoms with Gasteiger partial charge in [0, 0.05) is 10.0 Å². The largest absolute Gasteiger partial charge is 0.490 e. The summed E-state index contributed by atoms with van der Waals surface area (Å²) in [4.78, 5) is 12.4. The average Bonchev–Trinajstić information content (AvgIpc) is 2.60. The Kier molecular flexibility index (Phi) is 7.61. The van der Waals surface area contributed by atoms with Gasteiger partial charge in [0.05, 0.1) is 25.7 Å². The fourth-order valence-corrected chi connectivity index (χ4v) is 3.11. The van der Waals surface area contributed by atoms with Gasteiger partial charge in [-0.3, -0.25) is 4.79 Å². The third kappa shape index (κ3) is 5.29. The lowest BCUT2D eigenvalue weighted by atomic mass is 10.1. The number of rotatable bonds is 8. The molecule has 0 saturated carbocycles. The molecule has 2 aromatic carbocycles. The second-order valence-corrected chi connectivity index (χ2v) is 6.55. The first-order valence-electron chi connectivity index (χ1n) is 8.58. The van der Waals surface area contributed by atoms with Gasteiger partial charge in [-0.05, 0) is 56.2 Å². The summed E-state index contributed by atoms with van der Waals surface area (Å²) >= 11 is 12.3. The van der Waals surface area contributed by atoms with Crippen LogP contribution in [0.25, 0.3) is 0 Å². The topological polar surface area (TPSA) is 47.6 Å². The van der Waals surface area contributed by atoms with Crippen molar-refractivity contribution >= 4 is 29.1 Å². The third-order valence-electron chi connectivity index (χ3n) is 3.84. The molecule has 4 nitrogen and oxygen atoms in total. The van der Waals surface area contributed by atoms with Crippen molar-refractivity contribution < 1.29 is 14.3 Å². The quantitative estimate of drug-likeness (QED) is 0.666. The van der Waals surface area contributed by atoms with Gasteiger partial charge in [-0.1, -0.05) is 35.3 Å². The van der Waals surface area contributed by atoms with Crippen molar-refractivity contribution in [3.8, 4) is 11.5 Å². The van der Waals surface area contributed by atoms with E-state index >= 15 is 0 Å². The molecule has 0 saturated heterocycles. The number of ether oxygens (including phenoxy) is 2. The second kappa shape index (κ2) is 9.70. The van der Waals surface area contributed by atoms with Crippen molar-refractivity contribution in [3.05, 3.63) is 57.6 Å². The van der Waals surface area contributed by atoms with Gasteiger partial charge in [-0.2, -0.15) is 0 Å². The Morgan fingerprint density at radius 3 is 2.27 bits per heavy atom. The monoisotopic (exact) mass is 395 g/mol. The maximum Gasteiger partial charge on any atom is 0.225 e. The first-order chi connectivity index (χ1) is 12.5. The molecule has 0 aliphatic rings. The van der Waals surface area contributed by atoms with Crippen LogP contribution in [0.3, 0.4) is 0 Å². The number of hydrogen-bond donors (Lipinski definition) is 1. The van der Waals surface area contributed by atoms with Gasteiger partial charge >= 0.3 is 0 Å². The summed E-state index contributed by atoms with van der Waals surface area (Å²) in [5, 5.41) is 3.94. The predicted octanol–water partition coefficient (Wildman–Crippen LogP) is 5.21. The Morgan fingerprint density at radius 1 is 1.04 bits per heavy atom. The van der Waals surface area contributed by atoms with Crippen LogP contribution in [0.4, 0.5) is 0 Å². The first kappa shape index (κ1) is 20.4. The zero-order valence-electron chi connectivity index (χ0n) is 15.1. The molecule has 0 radical (unpaired) electrons. The van der Waals surface area contributed by atoms with Gasteiger partial charge < -0.3 is 14.8 Å². The van der Waals surface area contributed by atoms with Crippen molar-refractivity contribution in [1.29, 1.82) is 0 Å². The van der Waals surface area contributed by atoms with E-state index in [0.717, 1.165) is 5.56 Å². The Balaban J connectivity index is 2.10. The predicted molar refractivity (Wildman–Crippen MR) is 106 cm³/mol. The van der Waals surface area contributed by atoms with Gasteiger partial charge in [-0.15, -0.1) is 0 Å². The molecule has 1 amide bonds. The standard InChI is InChI=1S/C20H23Cl2NO3/c1-4-25-18-10-9-14(11-19(18)26-5-2)13(3)23-20(24)12-15-16(21)7-6-8-17(15)22/h6-11,13H,4-5,12H2,1-3H3,(H,23,24)/t13-/m1/s1. The summed E-state index contributed by atoms with van der Waals surface area (Å²) in [7, 11) is 0. The van der Waals surface area contributed by atoms with E-state index in [1.165, 1.54) is 0 Å². The third-order valence-corrected chi connectivity index (χ3v) is 4.55. The van der Waals surface area contributed by atoms with E-state index in [-0.39, 0.29) is 18.4 Å². The number of amides is 1. The van der Waals surface area contributed by atoms with Crippen molar-refractivity contribution in [3.63, 3.8) is 0 Å². The Labute approximate surface area is 164 Å². The summed E-state index contributed by atoms with van der Waals surface area (Å²) in [6.45, 7) is 6.85. The number of benzene rings is 2. The molecule has 1 atom stereocenters. The van der Waals surface area contributed by atoms with Crippen LogP contribution in [0, 0.1) is 0 Å². The minimum Gasteiger partial charge on any atom is -0.490 e. The summed E-state index contributed by atoms with van der Waals surface area (Å²) in [5.74, 6) is 1.21. The van der Waals surface area contributed by atoms with Gasteiger partial charge in [-0.25, -0.2) is 0 Å². The minimum absolute atomic E-state index is 0.123. The fraction of sp³-hybridized carbons (Fsp3) is 0.350. The van der Waals surface area contributed by atoms with E-state index in [0.29, 0.717) is 40.3 Å². The van der Waals surface area contributed by atoms with Crippen molar-refractivity contribution in [1.82, 2.24) is 5.32 Å². The van der Waals surface area contributed by atoms with Crippen LogP contribution in [0.2, 0.25) is 10.0 Å². The van der Waals surface area contributed by atoms with Crippen molar-refractivity contribution in [2.45, 2.75) is 33.2 Å². The molecule has 0 unspecified atom stereocenters. The molecule has 6 heteroatoms. The molecule has 0 spiro atoms. The maximum atomic E-state index is 12.4. The second-order valence-electron chi connectivity index (χ2n) is 5.74. The number of nitrogens with one attached hydrogen (secondary N) is 1. The SMILES string of the molecule is CCOc1ccc([C@@H](C)NC(=O)Cc2c(Cl)cccc2Cl)cc1OCC. The van der Waals surface area contributed by atoms with E-state index in [9.17, 15) is 4.79 Å². The fourth-order valence-electron chi connectivity index (χ4n) is 2.57. The average molecular weight is 396 g/mol. The molecule has 0 aliphatic carbocycles. The van der Waals surface area contributed by atoms with Crippen LogP contribution >= 0.6 is 23.2 Å². The number of halogens is 2. The molecule has 0 heterocycles. The lowest BCUT2D eigenvalue weighted by Gasteiger charge is -2.18. The highest BCUT2D eigenvalue weighted by Crippen LogP contribution is 2.31. The summed E-state index contributed by atoms with van der Waals surface area (Å²) in [5.41, 5.74) is 1.55. The molecule has 0 aromatic heterocycles. The number of carbonyl (C=O) groups excluding carboxylic acids is 1. The molecule has 140 valence electrons. The molecule has 1 N–H and O–H groups in total. The normalized spacial score (nSPS) is 11.7. The summed E-state index contributed by atoms with van der Waals surface area (Å²) < 4.78 is 11.2. The highest BCUT2D eigenvalue weighted by atomic mass is 35.5. The molecular formula is C20H23Cl2NO3. The molecule has 26 heavy (non-hydrogen) atoms. The van der Waals surface area contributed by atoms with Gasteiger partial charge in [0.1, 0.15) is 0 Å². The van der Waals surface area contributed by atoms with Crippen LogP contribution in [0.15, 0.2) is 36.4 Å². The summed E-state index contributed by atoms with van der Waals surface area (Å²) in [6, 6.07) is 10.7. The lowest BCUT2D eigenvalue weighted by molar-refractivity contribution is -0.121. The van der Waals surface area contributed by atoms with E-state index in [1.54, 1.807) is 18.2 Å². The van der Waals surface area contributed by atoms with E-state index < -0.39 is 0 Å². The Bertz CT molecular complexity index is 744. The summed E-state index contributed by atoms with van der Waals surface area (Å²) in [6.07, 6.45) is 0.123. The van der Waals surface area contributed by atoms with Crippen molar-refractivity contribution in [2.75, 3.05) is 13.2 Å². The molecule has 0 fully saturated rings. The molecule has 2 rings (SSSR count). The van der Waals surface area contributed by atoms with Gasteiger partial charge in [0.25, 0.3) is 0 Å². The zero-order chi connectivity index (χ0) is 19.1. The van der Waals surface area contributed by atoms with Gasteiger partial charge in [0.2, 0.25) is 5.91 Å². The van der Waals surface area contributed by atoms with Gasteiger partial charge in [0.15, 0.2) is 11.5 Å². The van der Waals surface area contributed by atoms with E-state index in [1.807, 2.05) is 39.0 Å². The van der Waals surface area contributed by atoms with Crippen LogP contribution in [-0.4, -0.2) is 19.1 Å². The van der Waals surface area contributed by atoms with E-state index in [4.69, 9.17) is 32.7 Å². The lowest BCUT2D eigenvalue weighted by Crippen LogP contribution is -2.28. The van der Waals surface area contributed by atoms with Crippen LogP contribution in [0.1, 0.15) is 37.9 Å². The minimum atomic E-state index is -0.196. The van der Waals surface area contributed by atoms with E-state index in [2.05, 4.69) is 5.32 Å². The van der Waals surface area contributed by atoms with Crippen LogP contribution < -0.4 is 14.8 Å². The number of hydrogen-bond acceptors (Lipinski definition) is 3. The van der Waals surface area contributed by atoms with Crippen LogP contribution in [0.5, 0.6) is 11.5 Å². The highest BCUT2D eigenvalue weighted by Gasteiger charge is 2.15. The molecule has 2 aromatic rings. The van der Waals surface area contributed by atoms with Crippen LogP contribution in [-0.2, 0) is 11.2 Å². The molecule has 0 bridgehead atoms. The smallest absolute Gasteiger partial charge is 0.225 e. The maximum absolute atomic E-state index is 12.4. The Hall–Kier alpha value is -1.91. The number of carbonyl (C=O) groups is 1. The molecule has 0 aliphatic heterocycles. The van der Waals surface area contributed by atoms with Crippen molar-refractivity contribution in [2.24, 2.45) is 0 Å². The zero-order valence-corrected chi connectivity index (χ0v) is 16.7.